The summed E-state index contributed by atoms with van der Waals surface area (Å²) in [5, 5.41) is 0.186. The van der Waals surface area contributed by atoms with Gasteiger partial charge in [-0.3, -0.25) is 0 Å². The number of esters is 1. The lowest BCUT2D eigenvalue weighted by Crippen LogP contribution is -2.29. The van der Waals surface area contributed by atoms with Crippen molar-refractivity contribution in [2.24, 2.45) is 0 Å². The Morgan fingerprint density at radius 3 is 2.32 bits per heavy atom. The van der Waals surface area contributed by atoms with Crippen molar-refractivity contribution in [3.63, 3.8) is 0 Å². The SMILES string of the molecule is COC(=O)c1c(OC)cc2ccc(Cl)cc2c1OS(=O)(=O)C(F)(F)F. The molecule has 0 spiro atoms. The minimum atomic E-state index is -6.05. The van der Waals surface area contributed by atoms with Gasteiger partial charge in [0.15, 0.2) is 5.75 Å². The van der Waals surface area contributed by atoms with Crippen LogP contribution in [0.5, 0.6) is 11.5 Å². The van der Waals surface area contributed by atoms with Crippen molar-refractivity contribution in [3.8, 4) is 11.5 Å². The van der Waals surface area contributed by atoms with E-state index < -0.39 is 32.9 Å². The average molecular weight is 399 g/mol. The number of hydrogen-bond donors (Lipinski definition) is 0. The Morgan fingerprint density at radius 1 is 1.16 bits per heavy atom. The smallest absolute Gasteiger partial charge is 0.496 e. The van der Waals surface area contributed by atoms with Gasteiger partial charge in [-0.15, -0.1) is 0 Å². The summed E-state index contributed by atoms with van der Waals surface area (Å²) < 4.78 is 74.7. The lowest BCUT2D eigenvalue weighted by Gasteiger charge is -2.17. The van der Waals surface area contributed by atoms with Crippen LogP contribution in [0.1, 0.15) is 10.4 Å². The third kappa shape index (κ3) is 3.59. The molecule has 2 rings (SSSR count). The molecule has 25 heavy (non-hydrogen) atoms. The van der Waals surface area contributed by atoms with Gasteiger partial charge in [-0.1, -0.05) is 17.7 Å². The van der Waals surface area contributed by atoms with E-state index in [4.69, 9.17) is 16.3 Å². The van der Waals surface area contributed by atoms with Gasteiger partial charge in [0.1, 0.15) is 11.3 Å². The first-order valence-electron chi connectivity index (χ1n) is 6.41. The molecule has 0 N–H and O–H groups in total. The molecule has 0 saturated carbocycles. The Kier molecular flexibility index (Phi) is 5.05. The van der Waals surface area contributed by atoms with Gasteiger partial charge in [0.25, 0.3) is 0 Å². The van der Waals surface area contributed by atoms with E-state index in [1.807, 2.05) is 0 Å². The highest BCUT2D eigenvalue weighted by Gasteiger charge is 2.49. The van der Waals surface area contributed by atoms with Gasteiger partial charge in [0, 0.05) is 10.4 Å². The molecule has 0 saturated heterocycles. The number of carbonyl (C=O) groups is 1. The average Bonchev–Trinajstić information content (AvgIpc) is 2.52. The molecule has 2 aromatic rings. The molecule has 0 aliphatic carbocycles. The highest BCUT2D eigenvalue weighted by Crippen LogP contribution is 2.41. The molecule has 0 fully saturated rings. The molecule has 136 valence electrons. The second kappa shape index (κ2) is 6.60. The van der Waals surface area contributed by atoms with Crippen LogP contribution in [0.2, 0.25) is 5.02 Å². The molecule has 0 aliphatic rings. The van der Waals surface area contributed by atoms with Gasteiger partial charge < -0.3 is 13.7 Å². The van der Waals surface area contributed by atoms with Crippen LogP contribution in [0.4, 0.5) is 13.2 Å². The number of alkyl halides is 3. The summed E-state index contributed by atoms with van der Waals surface area (Å²) in [5.41, 5.74) is -6.32. The maximum absolute atomic E-state index is 12.7. The summed E-state index contributed by atoms with van der Waals surface area (Å²) in [6, 6.07) is 5.28. The number of carbonyl (C=O) groups excluding carboxylic acids is 1. The standard InChI is InChI=1S/C14H10ClF3O6S/c1-22-10-5-7-3-4-8(15)6-9(7)12(11(10)13(19)23-2)24-25(20,21)14(16,17)18/h3-6H,1-2H3. The van der Waals surface area contributed by atoms with Crippen LogP contribution in [0.25, 0.3) is 10.8 Å². The Balaban J connectivity index is 2.90. The normalized spacial score (nSPS) is 12.1. The van der Waals surface area contributed by atoms with E-state index in [2.05, 4.69) is 8.92 Å². The molecule has 0 atom stereocenters. The monoisotopic (exact) mass is 398 g/mol. The molecular formula is C14H10ClF3O6S. The Bertz CT molecular complexity index is 940. The predicted octanol–water partition coefficient (Wildman–Crippen LogP) is 3.52. The highest BCUT2D eigenvalue weighted by molar-refractivity contribution is 7.88. The summed E-state index contributed by atoms with van der Waals surface area (Å²) in [6.07, 6.45) is 0. The van der Waals surface area contributed by atoms with Crippen LogP contribution in [0.3, 0.4) is 0 Å². The van der Waals surface area contributed by atoms with Crippen LogP contribution in [-0.4, -0.2) is 34.1 Å². The van der Waals surface area contributed by atoms with Crippen LogP contribution in [0, 0.1) is 0 Å². The first kappa shape index (κ1) is 19.1. The molecule has 6 nitrogen and oxygen atoms in total. The van der Waals surface area contributed by atoms with Crippen LogP contribution in [-0.2, 0) is 14.9 Å². The molecule has 11 heteroatoms. The fourth-order valence-corrected chi connectivity index (χ4v) is 2.67. The third-order valence-electron chi connectivity index (χ3n) is 3.11. The number of hydrogen-bond acceptors (Lipinski definition) is 6. The first-order valence-corrected chi connectivity index (χ1v) is 8.19. The van der Waals surface area contributed by atoms with Crippen molar-refractivity contribution in [2.45, 2.75) is 5.51 Å². The van der Waals surface area contributed by atoms with E-state index in [0.29, 0.717) is 0 Å². The maximum atomic E-state index is 12.7. The summed E-state index contributed by atoms with van der Waals surface area (Å²) in [6.45, 7) is 0. The molecule has 0 aromatic heterocycles. The number of rotatable bonds is 4. The van der Waals surface area contributed by atoms with Gasteiger partial charge >= 0.3 is 21.6 Å². The zero-order valence-electron chi connectivity index (χ0n) is 12.7. The first-order chi connectivity index (χ1) is 11.5. The van der Waals surface area contributed by atoms with Crippen LogP contribution < -0.4 is 8.92 Å². The Hall–Kier alpha value is -2.20. The lowest BCUT2D eigenvalue weighted by atomic mass is 10.0. The second-order valence-corrected chi connectivity index (χ2v) is 6.60. The minimum absolute atomic E-state index is 0.0859. The van der Waals surface area contributed by atoms with E-state index in [-0.39, 0.29) is 21.5 Å². The van der Waals surface area contributed by atoms with E-state index in [1.54, 1.807) is 0 Å². The molecule has 0 aliphatic heterocycles. The number of ether oxygens (including phenoxy) is 2. The van der Waals surface area contributed by atoms with Crippen molar-refractivity contribution in [2.75, 3.05) is 14.2 Å². The lowest BCUT2D eigenvalue weighted by molar-refractivity contribution is -0.0500. The predicted molar refractivity (Wildman–Crippen MR) is 82.5 cm³/mol. The van der Waals surface area contributed by atoms with Gasteiger partial charge in [0.2, 0.25) is 0 Å². The largest absolute Gasteiger partial charge is 0.534 e. The van der Waals surface area contributed by atoms with Gasteiger partial charge in [-0.2, -0.15) is 21.6 Å². The van der Waals surface area contributed by atoms with Gasteiger partial charge in [0.05, 0.1) is 14.2 Å². The van der Waals surface area contributed by atoms with Crippen molar-refractivity contribution >= 4 is 38.5 Å². The van der Waals surface area contributed by atoms with Crippen molar-refractivity contribution in [1.29, 1.82) is 0 Å². The van der Waals surface area contributed by atoms with Crippen molar-refractivity contribution in [1.82, 2.24) is 0 Å². The van der Waals surface area contributed by atoms with Gasteiger partial charge in [-0.25, -0.2) is 4.79 Å². The van der Waals surface area contributed by atoms with E-state index in [9.17, 15) is 26.4 Å². The summed E-state index contributed by atoms with van der Waals surface area (Å²) in [7, 11) is -3.94. The highest BCUT2D eigenvalue weighted by atomic mass is 35.5. The fourth-order valence-electron chi connectivity index (χ4n) is 2.01. The van der Waals surface area contributed by atoms with Crippen LogP contribution >= 0.6 is 11.6 Å². The number of methoxy groups -OCH3 is 2. The number of fused-ring (bicyclic) bond motifs is 1. The van der Waals surface area contributed by atoms with E-state index in [0.717, 1.165) is 20.3 Å². The molecule has 0 amide bonds. The third-order valence-corrected chi connectivity index (χ3v) is 4.29. The quantitative estimate of drug-likeness (QED) is 0.445. The summed E-state index contributed by atoms with van der Waals surface area (Å²) in [4.78, 5) is 12.0. The second-order valence-electron chi connectivity index (χ2n) is 4.62. The van der Waals surface area contributed by atoms with E-state index in [1.165, 1.54) is 18.2 Å². The molecule has 0 bridgehead atoms. The molecule has 2 aromatic carbocycles. The van der Waals surface area contributed by atoms with E-state index >= 15 is 0 Å². The minimum Gasteiger partial charge on any atom is -0.496 e. The number of halogens is 4. The fraction of sp³-hybridized carbons (Fsp3) is 0.214. The molecule has 0 heterocycles. The summed E-state index contributed by atoms with van der Waals surface area (Å²) >= 11 is 5.82. The van der Waals surface area contributed by atoms with Crippen molar-refractivity contribution in [3.05, 3.63) is 34.9 Å². The molecule has 0 unspecified atom stereocenters. The topological polar surface area (TPSA) is 78.9 Å². The zero-order valence-corrected chi connectivity index (χ0v) is 14.3. The van der Waals surface area contributed by atoms with Gasteiger partial charge in [-0.05, 0) is 23.6 Å². The number of benzene rings is 2. The molecule has 0 radical (unpaired) electrons. The Morgan fingerprint density at radius 2 is 1.80 bits per heavy atom. The Labute approximate surface area is 145 Å². The van der Waals surface area contributed by atoms with Crippen molar-refractivity contribution < 1.29 is 40.0 Å². The zero-order chi connectivity index (χ0) is 19.0. The maximum Gasteiger partial charge on any atom is 0.534 e. The summed E-state index contributed by atoms with van der Waals surface area (Å²) in [5.74, 6) is -2.26. The molecular weight excluding hydrogens is 389 g/mol. The van der Waals surface area contributed by atoms with Crippen LogP contribution in [0.15, 0.2) is 24.3 Å².